The Morgan fingerprint density at radius 2 is 1.70 bits per heavy atom. The second-order valence-corrected chi connectivity index (χ2v) is 8.75. The number of benzene rings is 2. The van der Waals surface area contributed by atoms with Crippen LogP contribution in [0.15, 0.2) is 30.3 Å². The van der Waals surface area contributed by atoms with E-state index < -0.39 is 21.2 Å². The van der Waals surface area contributed by atoms with E-state index in [-0.39, 0.29) is 29.7 Å². The lowest BCUT2D eigenvalue weighted by molar-refractivity contribution is -0.384. The molecule has 8 nitrogen and oxygen atoms in total. The number of halogens is 3. The van der Waals surface area contributed by atoms with Crippen LogP contribution in [-0.4, -0.2) is 39.6 Å². The third kappa shape index (κ3) is 3.25. The number of nitro benzene ring substituents is 1. The zero-order valence-corrected chi connectivity index (χ0v) is 17.6. The van der Waals surface area contributed by atoms with Gasteiger partial charge in [-0.2, -0.15) is 0 Å². The summed E-state index contributed by atoms with van der Waals surface area (Å²) >= 11 is 14.4. The van der Waals surface area contributed by atoms with Gasteiger partial charge in [0.25, 0.3) is 11.6 Å². The summed E-state index contributed by atoms with van der Waals surface area (Å²) in [5, 5.41) is 11.0. The zero-order valence-electron chi connectivity index (χ0n) is 15.3. The molecule has 0 radical (unpaired) electrons. The molecule has 0 bridgehead atoms. The molecule has 2 aliphatic heterocycles. The van der Waals surface area contributed by atoms with Gasteiger partial charge >= 0.3 is 0 Å². The number of hydrogen-bond donors (Lipinski definition) is 0. The van der Waals surface area contributed by atoms with E-state index in [0.29, 0.717) is 28.2 Å². The number of likely N-dealkylation sites (N-methyl/N-ethyl adjacent to an activating group) is 1. The zero-order chi connectivity index (χ0) is 21.7. The summed E-state index contributed by atoms with van der Waals surface area (Å²) in [6, 6.07) is 7.03. The molecular formula is C19H13Cl3N2O6. The minimum atomic E-state index is -0.750. The molecule has 0 spiro atoms. The quantitative estimate of drug-likeness (QED) is 0.347. The third-order valence-electron chi connectivity index (χ3n) is 5.28. The van der Waals surface area contributed by atoms with Gasteiger partial charge in [0.15, 0.2) is 21.6 Å². The van der Waals surface area contributed by atoms with Crippen LogP contribution in [0.5, 0.6) is 11.5 Å². The Kier molecular flexibility index (Phi) is 5.25. The first-order chi connectivity index (χ1) is 14.2. The Bertz CT molecular complexity index is 1090. The average molecular weight is 472 g/mol. The Balaban J connectivity index is 0.000000503. The lowest BCUT2D eigenvalue weighted by Crippen LogP contribution is -2.39. The van der Waals surface area contributed by atoms with Gasteiger partial charge in [0, 0.05) is 24.7 Å². The molecule has 0 aromatic heterocycles. The fourth-order valence-electron chi connectivity index (χ4n) is 4.08. The summed E-state index contributed by atoms with van der Waals surface area (Å²) in [6.45, 7) is 0.0990. The van der Waals surface area contributed by atoms with Crippen LogP contribution in [0.1, 0.15) is 43.8 Å². The fraction of sp³-hybridized carbons (Fsp3) is 0.263. The van der Waals surface area contributed by atoms with E-state index in [1.54, 1.807) is 19.2 Å². The molecule has 0 saturated heterocycles. The number of rotatable bonds is 1. The van der Waals surface area contributed by atoms with Crippen LogP contribution in [-0.2, 0) is 0 Å². The number of ether oxygens (including phenoxy) is 2. The molecule has 2 heterocycles. The Labute approximate surface area is 185 Å². The maximum Gasteiger partial charge on any atom is 0.270 e. The minimum Gasteiger partial charge on any atom is -0.454 e. The lowest BCUT2D eigenvalue weighted by atomic mass is 9.83. The molecule has 2 atom stereocenters. The molecule has 5 rings (SSSR count). The number of amides is 1. The first-order valence-corrected chi connectivity index (χ1v) is 9.97. The van der Waals surface area contributed by atoms with Crippen molar-refractivity contribution in [2.75, 3.05) is 13.8 Å². The van der Waals surface area contributed by atoms with Crippen LogP contribution in [0.2, 0.25) is 0 Å². The average Bonchev–Trinajstić information content (AvgIpc) is 3.26. The first-order valence-electron chi connectivity index (χ1n) is 8.66. The number of Topliss-reactive ketones (excluding diaryl/α,β-unsaturated/α-hetero) is 1. The van der Waals surface area contributed by atoms with Crippen molar-refractivity contribution in [3.8, 4) is 11.5 Å². The fourth-order valence-corrected chi connectivity index (χ4v) is 4.08. The Hall–Kier alpha value is -2.55. The molecule has 0 unspecified atom stereocenters. The third-order valence-corrected chi connectivity index (χ3v) is 5.28. The monoisotopic (exact) mass is 470 g/mol. The van der Waals surface area contributed by atoms with Crippen molar-refractivity contribution >= 4 is 52.2 Å². The summed E-state index contributed by atoms with van der Waals surface area (Å²) in [5.41, 5.74) is 1.75. The summed E-state index contributed by atoms with van der Waals surface area (Å²) in [5.74, 6) is -0.00625. The molecule has 0 N–H and O–H groups in total. The predicted molar refractivity (Wildman–Crippen MR) is 109 cm³/mol. The van der Waals surface area contributed by atoms with Crippen LogP contribution < -0.4 is 9.47 Å². The van der Waals surface area contributed by atoms with Crippen molar-refractivity contribution in [2.45, 2.75) is 16.3 Å². The van der Waals surface area contributed by atoms with E-state index in [0.717, 1.165) is 0 Å². The smallest absolute Gasteiger partial charge is 0.270 e. The van der Waals surface area contributed by atoms with Crippen molar-refractivity contribution in [3.05, 3.63) is 62.7 Å². The Morgan fingerprint density at radius 3 is 2.33 bits per heavy atom. The molecule has 11 heteroatoms. The number of alkyl halides is 3. The highest BCUT2D eigenvalue weighted by Crippen LogP contribution is 2.52. The molecule has 0 fully saturated rings. The highest BCUT2D eigenvalue weighted by Gasteiger charge is 2.50. The standard InChI is InChI=1S/C18H12N2O6.CHCl3/c1-19-16-10-5-13-14(26-7-25-13)6-11(10)17(21)15(16)9-3-2-8(20(23)24)4-12(9)18(19)22;2-1(3)4/h2-6,15-16H,7H2,1H3;1H/t15-,16-;/m1./s1. The van der Waals surface area contributed by atoms with E-state index in [2.05, 4.69) is 0 Å². The molecule has 2 aromatic rings. The van der Waals surface area contributed by atoms with Crippen molar-refractivity contribution in [3.63, 3.8) is 0 Å². The molecule has 2 aromatic carbocycles. The molecule has 156 valence electrons. The maximum atomic E-state index is 13.1. The van der Waals surface area contributed by atoms with Gasteiger partial charge in [0.05, 0.1) is 22.4 Å². The number of carbonyl (C=O) groups excluding carboxylic acids is 2. The van der Waals surface area contributed by atoms with Gasteiger partial charge in [-0.1, -0.05) is 40.9 Å². The van der Waals surface area contributed by atoms with Gasteiger partial charge in [0.2, 0.25) is 6.79 Å². The second kappa shape index (κ2) is 7.61. The lowest BCUT2D eigenvalue weighted by Gasteiger charge is -2.35. The Morgan fingerprint density at radius 1 is 1.07 bits per heavy atom. The number of nitrogens with zero attached hydrogens (tertiary/aromatic N) is 2. The van der Waals surface area contributed by atoms with Crippen LogP contribution in [0.4, 0.5) is 5.69 Å². The summed E-state index contributed by atoms with van der Waals surface area (Å²) < 4.78 is 10.0. The first kappa shape index (κ1) is 20.7. The minimum absolute atomic E-state index is 0.0990. The van der Waals surface area contributed by atoms with E-state index in [1.807, 2.05) is 0 Å². The predicted octanol–water partition coefficient (Wildman–Crippen LogP) is 4.42. The van der Waals surface area contributed by atoms with Gasteiger partial charge in [0.1, 0.15) is 0 Å². The largest absolute Gasteiger partial charge is 0.454 e. The van der Waals surface area contributed by atoms with Crippen molar-refractivity contribution in [1.82, 2.24) is 4.90 Å². The number of hydrogen-bond acceptors (Lipinski definition) is 6. The van der Waals surface area contributed by atoms with Crippen LogP contribution >= 0.6 is 34.8 Å². The summed E-state index contributed by atoms with van der Waals surface area (Å²) in [7, 11) is 1.61. The highest BCUT2D eigenvalue weighted by molar-refractivity contribution is 6.63. The van der Waals surface area contributed by atoms with E-state index in [1.165, 1.54) is 23.1 Å². The molecular weight excluding hydrogens is 459 g/mol. The SMILES string of the molecule is CN1C(=O)c2cc([N+](=O)[O-])ccc2[C@H]2C(=O)c3cc4c(cc3[C@H]21)OCO4.ClC(Cl)Cl. The number of carbonyl (C=O) groups is 2. The summed E-state index contributed by atoms with van der Waals surface area (Å²) in [6.07, 6.45) is 0. The van der Waals surface area contributed by atoms with Crippen molar-refractivity contribution < 1.29 is 24.0 Å². The molecule has 1 aliphatic carbocycles. The van der Waals surface area contributed by atoms with Gasteiger partial charge < -0.3 is 14.4 Å². The van der Waals surface area contributed by atoms with E-state index >= 15 is 0 Å². The van der Waals surface area contributed by atoms with Gasteiger partial charge in [-0.25, -0.2) is 0 Å². The van der Waals surface area contributed by atoms with Gasteiger partial charge in [-0.3, -0.25) is 19.7 Å². The van der Waals surface area contributed by atoms with Crippen molar-refractivity contribution in [2.24, 2.45) is 0 Å². The molecule has 0 saturated carbocycles. The maximum absolute atomic E-state index is 13.1. The molecule has 30 heavy (non-hydrogen) atoms. The molecule has 3 aliphatic rings. The van der Waals surface area contributed by atoms with Crippen LogP contribution in [0.3, 0.4) is 0 Å². The number of non-ortho nitro benzene ring substituents is 1. The number of nitro groups is 1. The van der Waals surface area contributed by atoms with Crippen LogP contribution in [0, 0.1) is 10.1 Å². The number of fused-ring (bicyclic) bond motifs is 6. The molecule has 1 amide bonds. The van der Waals surface area contributed by atoms with Crippen LogP contribution in [0.25, 0.3) is 0 Å². The number of ketones is 1. The van der Waals surface area contributed by atoms with Crippen molar-refractivity contribution in [1.29, 1.82) is 0 Å². The van der Waals surface area contributed by atoms with E-state index in [9.17, 15) is 19.7 Å². The van der Waals surface area contributed by atoms with Gasteiger partial charge in [-0.15, -0.1) is 0 Å². The second-order valence-electron chi connectivity index (χ2n) is 6.77. The topological polar surface area (TPSA) is 99.0 Å². The highest BCUT2D eigenvalue weighted by atomic mass is 35.6. The summed E-state index contributed by atoms with van der Waals surface area (Å²) in [4.78, 5) is 37.9. The van der Waals surface area contributed by atoms with E-state index in [4.69, 9.17) is 44.3 Å². The normalized spacial score (nSPS) is 20.4. The van der Waals surface area contributed by atoms with Gasteiger partial charge in [-0.05, 0) is 23.3 Å².